The molecule has 0 aromatic rings. The molecular weight excluding hydrogens is 200 g/mol. The number of hydrogen-bond acceptors (Lipinski definition) is 3. The van der Waals surface area contributed by atoms with Crippen LogP contribution in [0.1, 0.15) is 39.5 Å². The highest BCUT2D eigenvalue weighted by atomic mass is 16.5. The number of piperidine rings is 1. The van der Waals surface area contributed by atoms with Crippen LogP contribution in [0.4, 0.5) is 0 Å². The van der Waals surface area contributed by atoms with Gasteiger partial charge in [0.1, 0.15) is 0 Å². The second-order valence-electron chi connectivity index (χ2n) is 4.63. The van der Waals surface area contributed by atoms with Gasteiger partial charge < -0.3 is 15.0 Å². The average Bonchev–Trinajstić information content (AvgIpc) is 2.34. The first-order valence-corrected chi connectivity index (χ1v) is 6.90. The van der Waals surface area contributed by atoms with Crippen LogP contribution in [0.3, 0.4) is 0 Å². The number of unbranched alkanes of at least 4 members (excludes halogenated alkanes) is 1. The van der Waals surface area contributed by atoms with Gasteiger partial charge >= 0.3 is 0 Å². The van der Waals surface area contributed by atoms with E-state index in [4.69, 9.17) is 4.74 Å². The lowest BCUT2D eigenvalue weighted by Gasteiger charge is -2.31. The van der Waals surface area contributed by atoms with E-state index >= 15 is 0 Å². The molecule has 3 heteroatoms. The number of nitrogens with one attached hydrogen (secondary N) is 1. The molecule has 3 nitrogen and oxygen atoms in total. The second kappa shape index (κ2) is 8.97. The first kappa shape index (κ1) is 13.9. The van der Waals surface area contributed by atoms with E-state index < -0.39 is 0 Å². The van der Waals surface area contributed by atoms with Crippen molar-refractivity contribution in [2.75, 3.05) is 39.4 Å². The Balaban J connectivity index is 1.90. The van der Waals surface area contributed by atoms with Gasteiger partial charge in [0.2, 0.25) is 0 Å². The Morgan fingerprint density at radius 1 is 1.19 bits per heavy atom. The Kier molecular flexibility index (Phi) is 7.81. The maximum atomic E-state index is 5.53. The lowest BCUT2D eigenvalue weighted by atomic mass is 10.1. The molecule has 0 atom stereocenters. The van der Waals surface area contributed by atoms with E-state index in [-0.39, 0.29) is 0 Å². The lowest BCUT2D eigenvalue weighted by Crippen LogP contribution is -2.43. The van der Waals surface area contributed by atoms with E-state index in [1.54, 1.807) is 0 Å². The van der Waals surface area contributed by atoms with Crippen molar-refractivity contribution in [2.24, 2.45) is 0 Å². The number of likely N-dealkylation sites (tertiary alicyclic amines) is 1. The highest BCUT2D eigenvalue weighted by Crippen LogP contribution is 2.09. The molecule has 0 spiro atoms. The van der Waals surface area contributed by atoms with Crippen LogP contribution in [-0.4, -0.2) is 50.3 Å². The number of rotatable bonds is 8. The van der Waals surface area contributed by atoms with Crippen molar-refractivity contribution in [1.29, 1.82) is 0 Å². The molecule has 0 saturated carbocycles. The van der Waals surface area contributed by atoms with Crippen molar-refractivity contribution in [3.8, 4) is 0 Å². The summed E-state index contributed by atoms with van der Waals surface area (Å²) in [4.78, 5) is 2.52. The van der Waals surface area contributed by atoms with E-state index in [1.165, 1.54) is 45.3 Å². The summed E-state index contributed by atoms with van der Waals surface area (Å²) >= 11 is 0. The summed E-state index contributed by atoms with van der Waals surface area (Å²) in [6.07, 6.45) is 5.00. The van der Waals surface area contributed by atoms with Gasteiger partial charge in [-0.1, -0.05) is 20.3 Å². The molecule has 1 heterocycles. The SMILES string of the molecule is CCCCOCCNC1CCN(CC)CC1. The van der Waals surface area contributed by atoms with Gasteiger partial charge in [-0.3, -0.25) is 0 Å². The molecule has 1 rings (SSSR count). The Hall–Kier alpha value is -0.120. The third-order valence-corrected chi connectivity index (χ3v) is 3.36. The first-order chi connectivity index (χ1) is 7.86. The zero-order valence-corrected chi connectivity index (χ0v) is 11.0. The average molecular weight is 228 g/mol. The molecule has 1 N–H and O–H groups in total. The first-order valence-electron chi connectivity index (χ1n) is 6.90. The topological polar surface area (TPSA) is 24.5 Å². The molecule has 0 amide bonds. The van der Waals surface area contributed by atoms with Gasteiger partial charge in [-0.2, -0.15) is 0 Å². The van der Waals surface area contributed by atoms with Gasteiger partial charge in [0.25, 0.3) is 0 Å². The minimum atomic E-state index is 0.720. The molecule has 1 aliphatic rings. The highest BCUT2D eigenvalue weighted by molar-refractivity contribution is 4.76. The fourth-order valence-corrected chi connectivity index (χ4v) is 2.14. The summed E-state index contributed by atoms with van der Waals surface area (Å²) in [5.74, 6) is 0. The summed E-state index contributed by atoms with van der Waals surface area (Å²) < 4.78 is 5.53. The fraction of sp³-hybridized carbons (Fsp3) is 1.00. The van der Waals surface area contributed by atoms with Gasteiger partial charge in [-0.25, -0.2) is 0 Å². The third-order valence-electron chi connectivity index (χ3n) is 3.36. The van der Waals surface area contributed by atoms with Gasteiger partial charge in [0, 0.05) is 19.2 Å². The predicted octanol–water partition coefficient (Wildman–Crippen LogP) is 1.88. The zero-order chi connectivity index (χ0) is 11.6. The number of ether oxygens (including phenoxy) is 1. The third kappa shape index (κ3) is 5.83. The second-order valence-corrected chi connectivity index (χ2v) is 4.63. The summed E-state index contributed by atoms with van der Waals surface area (Å²) in [5, 5.41) is 3.59. The molecule has 0 aromatic heterocycles. The van der Waals surface area contributed by atoms with Crippen LogP contribution in [0.25, 0.3) is 0 Å². The Bertz CT molecular complexity index is 156. The highest BCUT2D eigenvalue weighted by Gasteiger charge is 2.16. The number of nitrogens with zero attached hydrogens (tertiary/aromatic N) is 1. The molecule has 0 radical (unpaired) electrons. The van der Waals surface area contributed by atoms with Crippen LogP contribution in [0, 0.1) is 0 Å². The fourth-order valence-electron chi connectivity index (χ4n) is 2.14. The minimum absolute atomic E-state index is 0.720. The zero-order valence-electron chi connectivity index (χ0n) is 11.0. The standard InChI is InChI=1S/C13H28N2O/c1-3-5-11-16-12-8-14-13-6-9-15(4-2)10-7-13/h13-14H,3-12H2,1-2H3. The van der Waals surface area contributed by atoms with E-state index in [1.807, 2.05) is 0 Å². The maximum absolute atomic E-state index is 5.53. The van der Waals surface area contributed by atoms with E-state index in [9.17, 15) is 0 Å². The van der Waals surface area contributed by atoms with E-state index in [2.05, 4.69) is 24.1 Å². The van der Waals surface area contributed by atoms with Crippen molar-refractivity contribution in [2.45, 2.75) is 45.6 Å². The monoisotopic (exact) mass is 228 g/mol. The van der Waals surface area contributed by atoms with Gasteiger partial charge in [0.15, 0.2) is 0 Å². The summed E-state index contributed by atoms with van der Waals surface area (Å²) in [6.45, 7) is 11.0. The molecule has 0 unspecified atom stereocenters. The van der Waals surface area contributed by atoms with Crippen LogP contribution in [0.15, 0.2) is 0 Å². The lowest BCUT2D eigenvalue weighted by molar-refractivity contribution is 0.126. The molecule has 0 aromatic carbocycles. The van der Waals surface area contributed by atoms with Crippen LogP contribution < -0.4 is 5.32 Å². The van der Waals surface area contributed by atoms with E-state index in [0.29, 0.717) is 0 Å². The number of hydrogen-bond donors (Lipinski definition) is 1. The molecule has 0 aliphatic carbocycles. The van der Waals surface area contributed by atoms with Gasteiger partial charge in [0.05, 0.1) is 6.61 Å². The predicted molar refractivity (Wildman–Crippen MR) is 68.9 cm³/mol. The molecule has 16 heavy (non-hydrogen) atoms. The Labute approximate surface area is 101 Å². The van der Waals surface area contributed by atoms with Crippen LogP contribution in [0.2, 0.25) is 0 Å². The molecule has 0 bridgehead atoms. The van der Waals surface area contributed by atoms with Gasteiger partial charge in [-0.05, 0) is 38.9 Å². The molecule has 1 fully saturated rings. The van der Waals surface area contributed by atoms with Crippen LogP contribution in [0.5, 0.6) is 0 Å². The van der Waals surface area contributed by atoms with Crippen molar-refractivity contribution in [3.63, 3.8) is 0 Å². The van der Waals surface area contributed by atoms with Crippen molar-refractivity contribution >= 4 is 0 Å². The molecule has 1 saturated heterocycles. The van der Waals surface area contributed by atoms with Gasteiger partial charge in [-0.15, -0.1) is 0 Å². The summed E-state index contributed by atoms with van der Waals surface area (Å²) in [5.41, 5.74) is 0. The molecular formula is C13H28N2O. The molecule has 1 aliphatic heterocycles. The van der Waals surface area contributed by atoms with Crippen LogP contribution >= 0.6 is 0 Å². The van der Waals surface area contributed by atoms with E-state index in [0.717, 1.165) is 25.8 Å². The Morgan fingerprint density at radius 2 is 1.94 bits per heavy atom. The van der Waals surface area contributed by atoms with Crippen molar-refractivity contribution in [1.82, 2.24) is 10.2 Å². The largest absolute Gasteiger partial charge is 0.380 e. The van der Waals surface area contributed by atoms with Crippen molar-refractivity contribution < 1.29 is 4.74 Å². The van der Waals surface area contributed by atoms with Crippen LogP contribution in [-0.2, 0) is 4.74 Å². The smallest absolute Gasteiger partial charge is 0.0591 e. The normalized spacial score (nSPS) is 19.1. The molecule has 96 valence electrons. The maximum Gasteiger partial charge on any atom is 0.0591 e. The summed E-state index contributed by atoms with van der Waals surface area (Å²) in [7, 11) is 0. The minimum Gasteiger partial charge on any atom is -0.380 e. The Morgan fingerprint density at radius 3 is 2.56 bits per heavy atom. The van der Waals surface area contributed by atoms with Crippen molar-refractivity contribution in [3.05, 3.63) is 0 Å². The summed E-state index contributed by atoms with van der Waals surface area (Å²) in [6, 6.07) is 0.720. The quantitative estimate of drug-likeness (QED) is 0.642.